The highest BCUT2D eigenvalue weighted by Crippen LogP contribution is 2.17. The molecule has 104 valence electrons. The standard InChI is InChI=1S/C13H19N3O3/c1-5-13(4,11(17)18)16-12(19)15-10-8(2)6-7-14-9(10)3/h6-7H,5H2,1-4H3,(H,17,18)(H2,15,16,19). The van der Waals surface area contributed by atoms with Gasteiger partial charge in [-0.1, -0.05) is 6.92 Å². The highest BCUT2D eigenvalue weighted by Gasteiger charge is 2.32. The van der Waals surface area contributed by atoms with Crippen molar-refractivity contribution in [3.63, 3.8) is 0 Å². The molecule has 0 spiro atoms. The highest BCUT2D eigenvalue weighted by atomic mass is 16.4. The van der Waals surface area contributed by atoms with E-state index in [1.807, 2.05) is 6.92 Å². The van der Waals surface area contributed by atoms with Crippen molar-refractivity contribution in [3.05, 3.63) is 23.5 Å². The number of carbonyl (C=O) groups excluding carboxylic acids is 1. The summed E-state index contributed by atoms with van der Waals surface area (Å²) < 4.78 is 0. The van der Waals surface area contributed by atoms with E-state index in [9.17, 15) is 9.59 Å². The van der Waals surface area contributed by atoms with Crippen molar-refractivity contribution in [1.82, 2.24) is 10.3 Å². The first-order valence-electron chi connectivity index (χ1n) is 6.05. The molecular formula is C13H19N3O3. The fraction of sp³-hybridized carbons (Fsp3) is 0.462. The second kappa shape index (κ2) is 5.69. The van der Waals surface area contributed by atoms with Crippen LogP contribution in [0.3, 0.4) is 0 Å². The second-order valence-corrected chi connectivity index (χ2v) is 4.66. The van der Waals surface area contributed by atoms with Crippen LogP contribution < -0.4 is 10.6 Å². The van der Waals surface area contributed by atoms with E-state index >= 15 is 0 Å². The molecule has 0 saturated carbocycles. The number of carboxylic acids is 1. The number of aromatic nitrogens is 1. The molecule has 19 heavy (non-hydrogen) atoms. The molecule has 6 nitrogen and oxygen atoms in total. The minimum absolute atomic E-state index is 0.292. The number of carbonyl (C=O) groups is 2. The summed E-state index contributed by atoms with van der Waals surface area (Å²) in [5.41, 5.74) is 0.873. The third-order valence-corrected chi connectivity index (χ3v) is 3.16. The van der Waals surface area contributed by atoms with E-state index in [0.29, 0.717) is 17.8 Å². The number of nitrogens with zero attached hydrogens (tertiary/aromatic N) is 1. The minimum Gasteiger partial charge on any atom is -0.480 e. The van der Waals surface area contributed by atoms with E-state index in [2.05, 4.69) is 15.6 Å². The van der Waals surface area contributed by atoms with E-state index in [-0.39, 0.29) is 0 Å². The molecule has 1 heterocycles. The first-order valence-corrected chi connectivity index (χ1v) is 6.05. The predicted octanol–water partition coefficient (Wildman–Crippen LogP) is 2.07. The average molecular weight is 265 g/mol. The molecule has 0 saturated heterocycles. The monoisotopic (exact) mass is 265 g/mol. The van der Waals surface area contributed by atoms with Crippen LogP contribution in [0.15, 0.2) is 12.3 Å². The summed E-state index contributed by atoms with van der Waals surface area (Å²) in [5.74, 6) is -1.07. The number of rotatable bonds is 4. The van der Waals surface area contributed by atoms with Crippen molar-refractivity contribution in [2.24, 2.45) is 0 Å². The Morgan fingerprint density at radius 1 is 1.42 bits per heavy atom. The smallest absolute Gasteiger partial charge is 0.329 e. The Bertz CT molecular complexity index is 482. The Kier molecular flexibility index (Phi) is 4.47. The molecule has 1 unspecified atom stereocenters. The molecule has 3 N–H and O–H groups in total. The number of nitrogens with one attached hydrogen (secondary N) is 2. The first-order chi connectivity index (χ1) is 8.80. The summed E-state index contributed by atoms with van der Waals surface area (Å²) in [6.45, 7) is 6.80. The molecule has 1 aromatic heterocycles. The quantitative estimate of drug-likeness (QED) is 0.777. The van der Waals surface area contributed by atoms with E-state index in [1.54, 1.807) is 26.1 Å². The van der Waals surface area contributed by atoms with Crippen molar-refractivity contribution in [2.75, 3.05) is 5.32 Å². The van der Waals surface area contributed by atoms with Crippen LogP contribution in [0.2, 0.25) is 0 Å². The third kappa shape index (κ3) is 3.43. The van der Waals surface area contributed by atoms with Gasteiger partial charge in [0.1, 0.15) is 5.54 Å². The van der Waals surface area contributed by atoms with E-state index in [4.69, 9.17) is 5.11 Å². The highest BCUT2D eigenvalue weighted by molar-refractivity contribution is 5.94. The van der Waals surface area contributed by atoms with Gasteiger partial charge in [-0.05, 0) is 38.8 Å². The van der Waals surface area contributed by atoms with Crippen LogP contribution in [0.4, 0.5) is 10.5 Å². The molecule has 0 aliphatic carbocycles. The molecule has 1 rings (SSSR count). The van der Waals surface area contributed by atoms with Gasteiger partial charge in [0.2, 0.25) is 0 Å². The van der Waals surface area contributed by atoms with Crippen LogP contribution in [0, 0.1) is 13.8 Å². The zero-order valence-corrected chi connectivity index (χ0v) is 11.6. The lowest BCUT2D eigenvalue weighted by molar-refractivity contribution is -0.143. The van der Waals surface area contributed by atoms with Crippen LogP contribution in [0.5, 0.6) is 0 Å². The Morgan fingerprint density at radius 3 is 2.53 bits per heavy atom. The summed E-state index contributed by atoms with van der Waals surface area (Å²) >= 11 is 0. The van der Waals surface area contributed by atoms with Gasteiger partial charge in [-0.15, -0.1) is 0 Å². The van der Waals surface area contributed by atoms with Gasteiger partial charge in [0.05, 0.1) is 11.4 Å². The van der Waals surface area contributed by atoms with Gasteiger partial charge in [-0.25, -0.2) is 9.59 Å². The van der Waals surface area contributed by atoms with Crippen molar-refractivity contribution in [2.45, 2.75) is 39.7 Å². The number of urea groups is 1. The summed E-state index contributed by atoms with van der Waals surface area (Å²) in [7, 11) is 0. The van der Waals surface area contributed by atoms with Gasteiger partial charge in [0.25, 0.3) is 0 Å². The van der Waals surface area contributed by atoms with Gasteiger partial charge in [0, 0.05) is 6.20 Å². The Balaban J connectivity index is 2.84. The summed E-state index contributed by atoms with van der Waals surface area (Å²) in [6, 6.07) is 1.23. The SMILES string of the molecule is CCC(C)(NC(=O)Nc1c(C)ccnc1C)C(=O)O. The number of hydrogen-bond donors (Lipinski definition) is 3. The van der Waals surface area contributed by atoms with Crippen molar-refractivity contribution in [3.8, 4) is 0 Å². The lowest BCUT2D eigenvalue weighted by Gasteiger charge is -2.25. The zero-order valence-electron chi connectivity index (χ0n) is 11.6. The molecule has 2 amide bonds. The van der Waals surface area contributed by atoms with Crippen LogP contribution >= 0.6 is 0 Å². The number of amides is 2. The average Bonchev–Trinajstić information content (AvgIpc) is 2.33. The Labute approximate surface area is 112 Å². The maximum atomic E-state index is 11.9. The van der Waals surface area contributed by atoms with E-state index in [0.717, 1.165) is 5.56 Å². The molecule has 0 aliphatic rings. The maximum Gasteiger partial charge on any atom is 0.329 e. The summed E-state index contributed by atoms with van der Waals surface area (Å²) in [6.07, 6.45) is 1.95. The molecule has 1 atom stereocenters. The minimum atomic E-state index is -1.28. The maximum absolute atomic E-state index is 11.9. The number of aliphatic carboxylic acids is 1. The van der Waals surface area contributed by atoms with Gasteiger partial charge in [0.15, 0.2) is 0 Å². The molecular weight excluding hydrogens is 246 g/mol. The van der Waals surface area contributed by atoms with Crippen LogP contribution in [-0.4, -0.2) is 27.6 Å². The normalized spacial score (nSPS) is 13.5. The van der Waals surface area contributed by atoms with Gasteiger partial charge in [-0.2, -0.15) is 0 Å². The van der Waals surface area contributed by atoms with Gasteiger partial charge < -0.3 is 15.7 Å². The summed E-state index contributed by atoms with van der Waals surface area (Å²) in [4.78, 5) is 27.1. The lowest BCUT2D eigenvalue weighted by Crippen LogP contribution is -2.53. The van der Waals surface area contributed by atoms with Crippen LogP contribution in [0.1, 0.15) is 31.5 Å². The summed E-state index contributed by atoms with van der Waals surface area (Å²) in [5, 5.41) is 14.2. The first kappa shape index (κ1) is 14.9. The molecule has 0 bridgehead atoms. The molecule has 0 fully saturated rings. The number of hydrogen-bond acceptors (Lipinski definition) is 3. The number of anilines is 1. The van der Waals surface area contributed by atoms with E-state index in [1.165, 1.54) is 6.92 Å². The Morgan fingerprint density at radius 2 is 2.05 bits per heavy atom. The fourth-order valence-electron chi connectivity index (χ4n) is 1.57. The van der Waals surface area contributed by atoms with Crippen LogP contribution in [-0.2, 0) is 4.79 Å². The Hall–Kier alpha value is -2.11. The molecule has 0 aromatic carbocycles. The topological polar surface area (TPSA) is 91.3 Å². The molecule has 6 heteroatoms. The largest absolute Gasteiger partial charge is 0.480 e. The number of pyridine rings is 1. The molecule has 1 aromatic rings. The molecule has 0 radical (unpaired) electrons. The van der Waals surface area contributed by atoms with E-state index < -0.39 is 17.5 Å². The van der Waals surface area contributed by atoms with Crippen molar-refractivity contribution >= 4 is 17.7 Å². The third-order valence-electron chi connectivity index (χ3n) is 3.16. The number of aryl methyl sites for hydroxylation is 2. The molecule has 0 aliphatic heterocycles. The lowest BCUT2D eigenvalue weighted by atomic mass is 10.00. The predicted molar refractivity (Wildman–Crippen MR) is 72.2 cm³/mol. The second-order valence-electron chi connectivity index (χ2n) is 4.66. The van der Waals surface area contributed by atoms with Crippen molar-refractivity contribution in [1.29, 1.82) is 0 Å². The van der Waals surface area contributed by atoms with Gasteiger partial charge >= 0.3 is 12.0 Å². The zero-order chi connectivity index (χ0) is 14.6. The van der Waals surface area contributed by atoms with Crippen LogP contribution in [0.25, 0.3) is 0 Å². The van der Waals surface area contributed by atoms with Crippen molar-refractivity contribution < 1.29 is 14.7 Å². The fourth-order valence-corrected chi connectivity index (χ4v) is 1.57. The van der Waals surface area contributed by atoms with Gasteiger partial charge in [-0.3, -0.25) is 4.98 Å². The number of carboxylic acid groups (broad SMARTS) is 1.